The summed E-state index contributed by atoms with van der Waals surface area (Å²) < 4.78 is 4.75. The van der Waals surface area contributed by atoms with Crippen LogP contribution in [-0.2, 0) is 4.79 Å². The summed E-state index contributed by atoms with van der Waals surface area (Å²) in [6, 6.07) is 4.14. The zero-order chi connectivity index (χ0) is 11.4. The predicted molar refractivity (Wildman–Crippen MR) is 49.6 cm³/mol. The van der Waals surface area contributed by atoms with Crippen LogP contribution in [0.25, 0.3) is 6.08 Å². The maximum absolute atomic E-state index is 10.9. The van der Waals surface area contributed by atoms with Crippen molar-refractivity contribution >= 4 is 17.7 Å². The standard InChI is InChI=1S/C9H6N2O4/c1-6(12)7(5-10)4-8-2-3-9(15-8)11(13)14/h2-4H,1H3/b7-4+. The Morgan fingerprint density at radius 2 is 2.33 bits per heavy atom. The molecule has 0 aliphatic carbocycles. The fourth-order valence-corrected chi connectivity index (χ4v) is 0.873. The molecule has 0 fully saturated rings. The van der Waals surface area contributed by atoms with Crippen LogP contribution in [0.15, 0.2) is 22.1 Å². The van der Waals surface area contributed by atoms with Gasteiger partial charge in [-0.2, -0.15) is 5.26 Å². The third kappa shape index (κ3) is 2.51. The molecule has 0 aromatic carbocycles. The Morgan fingerprint density at radius 3 is 2.73 bits per heavy atom. The molecule has 0 N–H and O–H groups in total. The average molecular weight is 206 g/mol. The molecular weight excluding hydrogens is 200 g/mol. The van der Waals surface area contributed by atoms with Crippen LogP contribution < -0.4 is 0 Å². The van der Waals surface area contributed by atoms with E-state index in [-0.39, 0.29) is 11.3 Å². The third-order valence-corrected chi connectivity index (χ3v) is 1.58. The van der Waals surface area contributed by atoms with E-state index in [0.29, 0.717) is 0 Å². The lowest BCUT2D eigenvalue weighted by atomic mass is 10.2. The second-order valence-electron chi connectivity index (χ2n) is 2.66. The van der Waals surface area contributed by atoms with Crippen LogP contribution in [0.3, 0.4) is 0 Å². The SMILES string of the molecule is CC(=O)/C(C#N)=C/c1ccc([N+](=O)[O-])o1. The molecule has 76 valence electrons. The van der Waals surface area contributed by atoms with Crippen molar-refractivity contribution in [2.24, 2.45) is 0 Å². The minimum atomic E-state index is -0.697. The van der Waals surface area contributed by atoms with Crippen LogP contribution >= 0.6 is 0 Å². The summed E-state index contributed by atoms with van der Waals surface area (Å²) in [5, 5.41) is 18.8. The number of nitro groups is 1. The van der Waals surface area contributed by atoms with Gasteiger partial charge in [-0.15, -0.1) is 0 Å². The number of hydrogen-bond donors (Lipinski definition) is 0. The summed E-state index contributed by atoms with van der Waals surface area (Å²) in [5.74, 6) is -0.743. The Labute approximate surface area is 84.6 Å². The highest BCUT2D eigenvalue weighted by Gasteiger charge is 2.11. The van der Waals surface area contributed by atoms with E-state index in [9.17, 15) is 14.9 Å². The van der Waals surface area contributed by atoms with Crippen molar-refractivity contribution in [3.8, 4) is 6.07 Å². The number of Topliss-reactive ketones (excluding diaryl/α,β-unsaturated/α-hetero) is 1. The lowest BCUT2D eigenvalue weighted by Crippen LogP contribution is -1.92. The second-order valence-corrected chi connectivity index (χ2v) is 2.66. The number of nitriles is 1. The molecule has 1 aromatic heterocycles. The first kappa shape index (κ1) is 10.7. The number of nitrogens with zero attached hydrogens (tertiary/aromatic N) is 2. The van der Waals surface area contributed by atoms with Gasteiger partial charge in [0.1, 0.15) is 16.8 Å². The molecule has 1 rings (SSSR count). The van der Waals surface area contributed by atoms with E-state index in [2.05, 4.69) is 0 Å². The number of ketones is 1. The molecule has 6 nitrogen and oxygen atoms in total. The van der Waals surface area contributed by atoms with E-state index in [1.165, 1.54) is 13.0 Å². The third-order valence-electron chi connectivity index (χ3n) is 1.58. The van der Waals surface area contributed by atoms with E-state index >= 15 is 0 Å². The van der Waals surface area contributed by atoms with Crippen molar-refractivity contribution in [3.05, 3.63) is 33.6 Å². The van der Waals surface area contributed by atoms with Crippen molar-refractivity contribution in [2.45, 2.75) is 6.92 Å². The molecule has 1 aromatic rings. The molecular formula is C9H6N2O4. The Balaban J connectivity index is 3.04. The van der Waals surface area contributed by atoms with Gasteiger partial charge < -0.3 is 4.42 Å². The Kier molecular flexibility index (Phi) is 2.98. The van der Waals surface area contributed by atoms with Gasteiger partial charge in [-0.3, -0.25) is 14.9 Å². The number of carbonyl (C=O) groups is 1. The number of carbonyl (C=O) groups excluding carboxylic acids is 1. The smallest absolute Gasteiger partial charge is 0.401 e. The molecule has 0 saturated heterocycles. The quantitative estimate of drug-likeness (QED) is 0.324. The monoisotopic (exact) mass is 206 g/mol. The van der Waals surface area contributed by atoms with Crippen molar-refractivity contribution in [1.29, 1.82) is 5.26 Å². The maximum atomic E-state index is 10.9. The van der Waals surface area contributed by atoms with Gasteiger partial charge in [0, 0.05) is 6.08 Å². The highest BCUT2D eigenvalue weighted by molar-refractivity contribution is 6.01. The van der Waals surface area contributed by atoms with E-state index in [0.717, 1.165) is 12.1 Å². The van der Waals surface area contributed by atoms with Crippen molar-refractivity contribution < 1.29 is 14.1 Å². The van der Waals surface area contributed by atoms with Gasteiger partial charge in [0.05, 0.1) is 11.6 Å². The van der Waals surface area contributed by atoms with Gasteiger partial charge >= 0.3 is 5.88 Å². The lowest BCUT2D eigenvalue weighted by Gasteiger charge is -1.88. The minimum absolute atomic E-state index is 0.105. The first-order chi connectivity index (χ1) is 7.04. The van der Waals surface area contributed by atoms with E-state index in [1.54, 1.807) is 6.07 Å². The van der Waals surface area contributed by atoms with E-state index < -0.39 is 16.6 Å². The van der Waals surface area contributed by atoms with Crippen molar-refractivity contribution in [2.75, 3.05) is 0 Å². The molecule has 0 saturated carbocycles. The van der Waals surface area contributed by atoms with Gasteiger partial charge in [0.2, 0.25) is 0 Å². The average Bonchev–Trinajstić information content (AvgIpc) is 2.61. The van der Waals surface area contributed by atoms with Gasteiger partial charge in [-0.05, 0) is 13.0 Å². The molecule has 0 amide bonds. The fourth-order valence-electron chi connectivity index (χ4n) is 0.873. The lowest BCUT2D eigenvalue weighted by molar-refractivity contribution is -0.402. The molecule has 0 spiro atoms. The number of allylic oxidation sites excluding steroid dienone is 1. The molecule has 0 aliphatic heterocycles. The summed E-state index contributed by atoms with van der Waals surface area (Å²) in [6.45, 7) is 1.23. The van der Waals surface area contributed by atoms with Crippen molar-refractivity contribution in [1.82, 2.24) is 0 Å². The molecule has 6 heteroatoms. The van der Waals surface area contributed by atoms with Crippen LogP contribution in [0, 0.1) is 21.4 Å². The zero-order valence-electron chi connectivity index (χ0n) is 7.76. The summed E-state index contributed by atoms with van der Waals surface area (Å²) in [7, 11) is 0. The number of rotatable bonds is 3. The largest absolute Gasteiger partial charge is 0.433 e. The topological polar surface area (TPSA) is 97.1 Å². The number of furan rings is 1. The van der Waals surface area contributed by atoms with E-state index in [1.807, 2.05) is 0 Å². The predicted octanol–water partition coefficient (Wildman–Crippen LogP) is 1.68. The maximum Gasteiger partial charge on any atom is 0.433 e. The van der Waals surface area contributed by atoms with Gasteiger partial charge in [0.25, 0.3) is 0 Å². The molecule has 0 aliphatic rings. The molecule has 0 unspecified atom stereocenters. The molecule has 0 atom stereocenters. The molecule has 1 heterocycles. The van der Waals surface area contributed by atoms with Crippen LogP contribution in [0.2, 0.25) is 0 Å². The Morgan fingerprint density at radius 1 is 1.67 bits per heavy atom. The zero-order valence-corrected chi connectivity index (χ0v) is 7.76. The Hall–Kier alpha value is -2.42. The molecule has 0 bridgehead atoms. The van der Waals surface area contributed by atoms with Crippen LogP contribution in [0.5, 0.6) is 0 Å². The van der Waals surface area contributed by atoms with Gasteiger partial charge in [-0.1, -0.05) is 0 Å². The summed E-state index contributed by atoms with van der Waals surface area (Å²) in [5.41, 5.74) is -0.112. The number of hydrogen-bond acceptors (Lipinski definition) is 5. The summed E-state index contributed by atoms with van der Waals surface area (Å²) >= 11 is 0. The van der Waals surface area contributed by atoms with E-state index in [4.69, 9.17) is 9.68 Å². The first-order valence-electron chi connectivity index (χ1n) is 3.91. The summed E-state index contributed by atoms with van der Waals surface area (Å²) in [6.07, 6.45) is 1.16. The highest BCUT2D eigenvalue weighted by atomic mass is 16.6. The molecule has 0 radical (unpaired) electrons. The van der Waals surface area contributed by atoms with Crippen LogP contribution in [0.4, 0.5) is 5.88 Å². The first-order valence-corrected chi connectivity index (χ1v) is 3.91. The normalized spacial score (nSPS) is 10.8. The Bertz CT molecular complexity index is 479. The van der Waals surface area contributed by atoms with Crippen LogP contribution in [-0.4, -0.2) is 10.7 Å². The second kappa shape index (κ2) is 4.19. The highest BCUT2D eigenvalue weighted by Crippen LogP contribution is 2.18. The van der Waals surface area contributed by atoms with Crippen LogP contribution in [0.1, 0.15) is 12.7 Å². The minimum Gasteiger partial charge on any atom is -0.401 e. The fraction of sp³-hybridized carbons (Fsp3) is 0.111. The van der Waals surface area contributed by atoms with Gasteiger partial charge in [0.15, 0.2) is 5.78 Å². The van der Waals surface area contributed by atoms with Gasteiger partial charge in [-0.25, -0.2) is 0 Å². The molecule has 15 heavy (non-hydrogen) atoms. The summed E-state index contributed by atoms with van der Waals surface area (Å²) in [4.78, 5) is 20.4. The van der Waals surface area contributed by atoms with Crippen molar-refractivity contribution in [3.63, 3.8) is 0 Å².